The Bertz CT molecular complexity index is 530. The molecular weight excluding hydrogens is 231 g/mol. The molecule has 0 spiro atoms. The minimum atomic E-state index is -4.28. The first kappa shape index (κ1) is 12.0. The Labute approximate surface area is 96.2 Å². The summed E-state index contributed by atoms with van der Waals surface area (Å²) in [6.07, 6.45) is -5.36. The van der Waals surface area contributed by atoms with E-state index in [4.69, 9.17) is 10.2 Å². The summed E-state index contributed by atoms with van der Waals surface area (Å²) in [6, 6.07) is 5.87. The Morgan fingerprint density at radius 3 is 2.65 bits per heavy atom. The molecule has 1 atom stereocenters. The summed E-state index contributed by atoms with van der Waals surface area (Å²) in [5, 5.41) is 0.776. The van der Waals surface area contributed by atoms with Crippen molar-refractivity contribution in [2.75, 3.05) is 0 Å². The van der Waals surface area contributed by atoms with Crippen LogP contribution in [-0.2, 0) is 0 Å². The van der Waals surface area contributed by atoms with Gasteiger partial charge in [-0.05, 0) is 18.6 Å². The van der Waals surface area contributed by atoms with E-state index in [0.29, 0.717) is 5.58 Å². The van der Waals surface area contributed by atoms with Crippen LogP contribution in [0.1, 0.15) is 23.8 Å². The van der Waals surface area contributed by atoms with E-state index in [9.17, 15) is 13.2 Å². The predicted molar refractivity (Wildman–Crippen MR) is 58.6 cm³/mol. The van der Waals surface area contributed by atoms with Gasteiger partial charge in [-0.15, -0.1) is 0 Å². The van der Waals surface area contributed by atoms with Crippen LogP contribution in [0.5, 0.6) is 0 Å². The number of hydrogen-bond acceptors (Lipinski definition) is 2. The summed E-state index contributed by atoms with van der Waals surface area (Å²) in [4.78, 5) is 0. The van der Waals surface area contributed by atoms with Crippen LogP contribution >= 0.6 is 0 Å². The van der Waals surface area contributed by atoms with Gasteiger partial charge in [0.25, 0.3) is 0 Å². The Balaban J connectivity index is 2.34. The van der Waals surface area contributed by atoms with Crippen molar-refractivity contribution in [3.05, 3.63) is 35.6 Å². The number of aryl methyl sites for hydroxylation is 1. The highest BCUT2D eigenvalue weighted by atomic mass is 19.4. The lowest BCUT2D eigenvalue weighted by molar-refractivity contribution is -0.139. The average molecular weight is 243 g/mol. The van der Waals surface area contributed by atoms with E-state index in [-0.39, 0.29) is 5.76 Å². The van der Waals surface area contributed by atoms with E-state index in [1.807, 2.05) is 19.1 Å². The van der Waals surface area contributed by atoms with E-state index in [2.05, 4.69) is 0 Å². The van der Waals surface area contributed by atoms with Crippen LogP contribution in [0, 0.1) is 6.92 Å². The summed E-state index contributed by atoms with van der Waals surface area (Å²) in [6.45, 7) is 1.84. The second kappa shape index (κ2) is 4.07. The average Bonchev–Trinajstić information content (AvgIpc) is 2.60. The molecule has 0 radical (unpaired) electrons. The number of nitrogens with two attached hydrogens (primary N) is 1. The number of alkyl halides is 3. The highest BCUT2D eigenvalue weighted by Gasteiger charge is 2.32. The highest BCUT2D eigenvalue weighted by molar-refractivity contribution is 5.80. The lowest BCUT2D eigenvalue weighted by Gasteiger charge is -2.11. The maximum atomic E-state index is 12.2. The van der Waals surface area contributed by atoms with Gasteiger partial charge in [-0.25, -0.2) is 0 Å². The van der Waals surface area contributed by atoms with Gasteiger partial charge in [0.2, 0.25) is 0 Å². The number of furan rings is 1. The maximum absolute atomic E-state index is 12.2. The fraction of sp³-hybridized carbons (Fsp3) is 0.333. The van der Waals surface area contributed by atoms with Gasteiger partial charge in [-0.3, -0.25) is 0 Å². The molecule has 0 aliphatic rings. The molecule has 1 heterocycles. The molecular formula is C12H12F3NO. The Morgan fingerprint density at radius 1 is 1.35 bits per heavy atom. The fourth-order valence-electron chi connectivity index (χ4n) is 1.76. The van der Waals surface area contributed by atoms with Gasteiger partial charge >= 0.3 is 6.18 Å². The molecule has 1 aromatic carbocycles. The number of halogens is 3. The Hall–Kier alpha value is -1.49. The highest BCUT2D eigenvalue weighted by Crippen LogP contribution is 2.31. The molecule has 17 heavy (non-hydrogen) atoms. The van der Waals surface area contributed by atoms with Gasteiger partial charge in [-0.2, -0.15) is 13.2 Å². The number of benzene rings is 1. The summed E-state index contributed by atoms with van der Waals surface area (Å²) in [5.74, 6) is 0.173. The molecule has 2 aromatic rings. The molecule has 2 N–H and O–H groups in total. The molecule has 92 valence electrons. The minimum absolute atomic E-state index is 0.173. The van der Waals surface area contributed by atoms with Crippen LogP contribution in [0.2, 0.25) is 0 Å². The van der Waals surface area contributed by atoms with E-state index < -0.39 is 18.6 Å². The fourth-order valence-corrected chi connectivity index (χ4v) is 1.76. The molecule has 0 saturated carbocycles. The monoisotopic (exact) mass is 243 g/mol. The normalized spacial score (nSPS) is 14.2. The van der Waals surface area contributed by atoms with Crippen molar-refractivity contribution in [1.82, 2.24) is 0 Å². The van der Waals surface area contributed by atoms with E-state index in [1.54, 1.807) is 12.1 Å². The van der Waals surface area contributed by atoms with Crippen LogP contribution in [0.15, 0.2) is 28.7 Å². The first-order valence-electron chi connectivity index (χ1n) is 5.18. The largest absolute Gasteiger partial charge is 0.459 e. The summed E-state index contributed by atoms with van der Waals surface area (Å²) in [7, 11) is 0. The van der Waals surface area contributed by atoms with E-state index >= 15 is 0 Å². The van der Waals surface area contributed by atoms with Crippen molar-refractivity contribution >= 4 is 11.0 Å². The number of hydrogen-bond donors (Lipinski definition) is 1. The maximum Gasteiger partial charge on any atom is 0.391 e. The standard InChI is InChI=1S/C12H12F3NO/c1-7-3-2-4-8-5-10(17-11(7)8)9(16)6-12(13,14)15/h2-5,9H,6,16H2,1H3. The molecule has 0 fully saturated rings. The second-order valence-electron chi connectivity index (χ2n) is 4.07. The third-order valence-electron chi connectivity index (χ3n) is 2.58. The van der Waals surface area contributed by atoms with Crippen LogP contribution in [0.4, 0.5) is 13.2 Å². The van der Waals surface area contributed by atoms with Crippen molar-refractivity contribution in [3.63, 3.8) is 0 Å². The molecule has 1 unspecified atom stereocenters. The lowest BCUT2D eigenvalue weighted by Crippen LogP contribution is -2.19. The first-order chi connectivity index (χ1) is 7.87. The quantitative estimate of drug-likeness (QED) is 0.873. The number of rotatable bonds is 2. The molecule has 2 nitrogen and oxygen atoms in total. The van der Waals surface area contributed by atoms with Crippen LogP contribution < -0.4 is 5.73 Å². The van der Waals surface area contributed by atoms with Crippen molar-refractivity contribution in [2.24, 2.45) is 5.73 Å². The molecule has 0 amide bonds. The Kier molecular flexibility index (Phi) is 2.87. The van der Waals surface area contributed by atoms with E-state index in [0.717, 1.165) is 10.9 Å². The van der Waals surface area contributed by atoms with Gasteiger partial charge in [-0.1, -0.05) is 18.2 Å². The minimum Gasteiger partial charge on any atom is -0.459 e. The second-order valence-corrected chi connectivity index (χ2v) is 4.07. The summed E-state index contributed by atoms with van der Waals surface area (Å²) < 4.78 is 42.0. The van der Waals surface area contributed by atoms with Crippen molar-refractivity contribution < 1.29 is 17.6 Å². The van der Waals surface area contributed by atoms with Crippen LogP contribution in [-0.4, -0.2) is 6.18 Å². The molecule has 0 bridgehead atoms. The summed E-state index contributed by atoms with van der Waals surface area (Å²) >= 11 is 0. The molecule has 2 rings (SSSR count). The van der Waals surface area contributed by atoms with Gasteiger partial charge in [0.15, 0.2) is 0 Å². The molecule has 0 aliphatic carbocycles. The third-order valence-corrected chi connectivity index (χ3v) is 2.58. The zero-order valence-electron chi connectivity index (χ0n) is 9.21. The molecule has 0 aliphatic heterocycles. The predicted octanol–water partition coefficient (Wildman–Crippen LogP) is 3.69. The third kappa shape index (κ3) is 2.61. The van der Waals surface area contributed by atoms with Crippen molar-refractivity contribution in [2.45, 2.75) is 25.6 Å². The Morgan fingerprint density at radius 2 is 2.06 bits per heavy atom. The van der Waals surface area contributed by atoms with Gasteiger partial charge < -0.3 is 10.2 Å². The lowest BCUT2D eigenvalue weighted by atomic mass is 10.1. The summed E-state index contributed by atoms with van der Waals surface area (Å²) in [5.41, 5.74) is 6.96. The van der Waals surface area contributed by atoms with Crippen LogP contribution in [0.25, 0.3) is 11.0 Å². The zero-order valence-corrected chi connectivity index (χ0v) is 9.21. The molecule has 1 aromatic heterocycles. The van der Waals surface area contributed by atoms with Crippen molar-refractivity contribution in [3.8, 4) is 0 Å². The molecule has 5 heteroatoms. The number of fused-ring (bicyclic) bond motifs is 1. The van der Waals surface area contributed by atoms with Gasteiger partial charge in [0, 0.05) is 5.39 Å². The van der Waals surface area contributed by atoms with Gasteiger partial charge in [0.05, 0.1) is 12.5 Å². The number of para-hydroxylation sites is 1. The van der Waals surface area contributed by atoms with Crippen molar-refractivity contribution in [1.29, 1.82) is 0 Å². The smallest absolute Gasteiger partial charge is 0.391 e. The molecule has 0 saturated heterocycles. The zero-order chi connectivity index (χ0) is 12.6. The van der Waals surface area contributed by atoms with E-state index in [1.165, 1.54) is 0 Å². The first-order valence-corrected chi connectivity index (χ1v) is 5.18. The topological polar surface area (TPSA) is 39.2 Å². The van der Waals surface area contributed by atoms with Gasteiger partial charge in [0.1, 0.15) is 11.3 Å². The SMILES string of the molecule is Cc1cccc2cc(C(N)CC(F)(F)F)oc12. The van der Waals surface area contributed by atoms with Crippen LogP contribution in [0.3, 0.4) is 0 Å².